The summed E-state index contributed by atoms with van der Waals surface area (Å²) in [5.74, 6) is 0.248. The maximum Gasteiger partial charge on any atom is 0.278 e. The zero-order valence-electron chi connectivity index (χ0n) is 18.8. The highest BCUT2D eigenvalue weighted by atomic mass is 16.5. The fourth-order valence-corrected chi connectivity index (χ4v) is 3.44. The average Bonchev–Trinajstić information content (AvgIpc) is 2.97. The van der Waals surface area contributed by atoms with E-state index in [1.807, 2.05) is 13.8 Å². The van der Waals surface area contributed by atoms with Gasteiger partial charge in [-0.2, -0.15) is 0 Å². The third-order valence-corrected chi connectivity index (χ3v) is 4.83. The first-order valence-electron chi connectivity index (χ1n) is 10.2. The third kappa shape index (κ3) is 4.91. The number of carbonyl (C=O) groups excluding carboxylic acids is 3. The lowest BCUT2D eigenvalue weighted by Crippen LogP contribution is -2.35. The predicted octanol–water partition coefficient (Wildman–Crippen LogP) is 3.51. The van der Waals surface area contributed by atoms with Crippen molar-refractivity contribution < 1.29 is 23.9 Å². The molecule has 0 unspecified atom stereocenters. The van der Waals surface area contributed by atoms with Crippen LogP contribution in [-0.2, 0) is 14.4 Å². The predicted molar refractivity (Wildman–Crippen MR) is 122 cm³/mol. The highest BCUT2D eigenvalue weighted by Gasteiger charge is 2.39. The molecule has 0 radical (unpaired) electrons. The van der Waals surface area contributed by atoms with Crippen LogP contribution in [0.25, 0.3) is 5.57 Å². The number of imide groups is 1. The van der Waals surface area contributed by atoms with Crippen molar-refractivity contribution in [3.05, 3.63) is 53.7 Å². The quantitative estimate of drug-likeness (QED) is 0.614. The zero-order chi connectivity index (χ0) is 23.4. The highest BCUT2D eigenvalue weighted by molar-refractivity contribution is 6.36. The smallest absolute Gasteiger partial charge is 0.278 e. The van der Waals surface area contributed by atoms with E-state index in [4.69, 9.17) is 9.47 Å². The Hall–Kier alpha value is -3.81. The Bertz CT molecular complexity index is 1050. The number of methoxy groups -OCH3 is 2. The number of hydrogen-bond donors (Lipinski definition) is 2. The van der Waals surface area contributed by atoms with Gasteiger partial charge in [-0.3, -0.25) is 19.3 Å². The van der Waals surface area contributed by atoms with Crippen LogP contribution in [0.15, 0.2) is 48.2 Å². The van der Waals surface area contributed by atoms with E-state index in [1.165, 1.54) is 26.0 Å². The van der Waals surface area contributed by atoms with Crippen LogP contribution in [0, 0.1) is 5.92 Å². The van der Waals surface area contributed by atoms with E-state index in [0.717, 1.165) is 0 Å². The summed E-state index contributed by atoms with van der Waals surface area (Å²) in [5, 5.41) is 5.80. The number of nitrogens with zero attached hydrogens (tertiary/aromatic N) is 1. The summed E-state index contributed by atoms with van der Waals surface area (Å²) in [4.78, 5) is 39.0. The monoisotopic (exact) mass is 437 g/mol. The molecule has 1 aliphatic heterocycles. The van der Waals surface area contributed by atoms with Gasteiger partial charge in [0.05, 0.1) is 19.8 Å². The van der Waals surface area contributed by atoms with E-state index in [2.05, 4.69) is 10.6 Å². The highest BCUT2D eigenvalue weighted by Crippen LogP contribution is 2.33. The Kier molecular flexibility index (Phi) is 6.82. The standard InChI is InChI=1S/C24H27N3O5/c1-14(2)13-27-23(29)21(16-6-8-17(9-7-16)25-15(3)28)22(24(27)30)26-18-10-19(31-4)12-20(11-18)32-5/h6-12,14,26H,13H2,1-5H3,(H,25,28). The molecule has 1 heterocycles. The molecular formula is C24H27N3O5. The minimum Gasteiger partial charge on any atom is -0.497 e. The molecule has 0 aliphatic carbocycles. The van der Waals surface area contributed by atoms with Gasteiger partial charge in [-0.25, -0.2) is 0 Å². The van der Waals surface area contributed by atoms with E-state index in [1.54, 1.807) is 42.5 Å². The Balaban J connectivity index is 2.06. The Morgan fingerprint density at radius 3 is 2.03 bits per heavy atom. The second-order valence-corrected chi connectivity index (χ2v) is 7.85. The zero-order valence-corrected chi connectivity index (χ0v) is 18.8. The second kappa shape index (κ2) is 9.55. The summed E-state index contributed by atoms with van der Waals surface area (Å²) < 4.78 is 10.6. The number of nitrogens with one attached hydrogen (secondary N) is 2. The minimum atomic E-state index is -0.397. The fraction of sp³-hybridized carbons (Fsp3) is 0.292. The fourth-order valence-electron chi connectivity index (χ4n) is 3.44. The van der Waals surface area contributed by atoms with Gasteiger partial charge in [0, 0.05) is 43.0 Å². The van der Waals surface area contributed by atoms with Crippen molar-refractivity contribution >= 4 is 34.7 Å². The van der Waals surface area contributed by atoms with Gasteiger partial charge in [0.15, 0.2) is 0 Å². The van der Waals surface area contributed by atoms with Crippen LogP contribution in [0.2, 0.25) is 0 Å². The first-order valence-corrected chi connectivity index (χ1v) is 10.2. The topological polar surface area (TPSA) is 97.0 Å². The van der Waals surface area contributed by atoms with Crippen molar-refractivity contribution in [2.24, 2.45) is 5.92 Å². The molecule has 3 rings (SSSR count). The van der Waals surface area contributed by atoms with Crippen LogP contribution in [0.5, 0.6) is 11.5 Å². The summed E-state index contributed by atoms with van der Waals surface area (Å²) in [6.45, 7) is 5.61. The Morgan fingerprint density at radius 2 is 1.53 bits per heavy atom. The lowest BCUT2D eigenvalue weighted by Gasteiger charge is -2.17. The summed E-state index contributed by atoms with van der Waals surface area (Å²) in [7, 11) is 3.07. The number of ether oxygens (including phenoxy) is 2. The number of hydrogen-bond acceptors (Lipinski definition) is 6. The first kappa shape index (κ1) is 22.9. The van der Waals surface area contributed by atoms with Crippen molar-refractivity contribution in [1.29, 1.82) is 0 Å². The third-order valence-electron chi connectivity index (χ3n) is 4.83. The lowest BCUT2D eigenvalue weighted by atomic mass is 10.0. The average molecular weight is 437 g/mol. The van der Waals surface area contributed by atoms with Crippen molar-refractivity contribution in [3.8, 4) is 11.5 Å². The van der Waals surface area contributed by atoms with Crippen molar-refractivity contribution in [3.63, 3.8) is 0 Å². The normalized spacial score (nSPS) is 13.6. The van der Waals surface area contributed by atoms with Gasteiger partial charge in [-0.15, -0.1) is 0 Å². The van der Waals surface area contributed by atoms with Crippen LogP contribution < -0.4 is 20.1 Å². The molecule has 2 N–H and O–H groups in total. The number of anilines is 2. The van der Waals surface area contributed by atoms with E-state index in [0.29, 0.717) is 35.0 Å². The molecule has 168 valence electrons. The van der Waals surface area contributed by atoms with Gasteiger partial charge >= 0.3 is 0 Å². The molecule has 3 amide bonds. The van der Waals surface area contributed by atoms with Gasteiger partial charge < -0.3 is 20.1 Å². The molecule has 8 heteroatoms. The van der Waals surface area contributed by atoms with E-state index >= 15 is 0 Å². The summed E-state index contributed by atoms with van der Waals surface area (Å²) in [5.41, 5.74) is 2.17. The molecule has 0 atom stereocenters. The van der Waals surface area contributed by atoms with Crippen molar-refractivity contribution in [1.82, 2.24) is 4.90 Å². The summed E-state index contributed by atoms with van der Waals surface area (Å²) in [6, 6.07) is 12.0. The van der Waals surface area contributed by atoms with Crippen LogP contribution in [0.4, 0.5) is 11.4 Å². The van der Waals surface area contributed by atoms with Gasteiger partial charge in [-0.1, -0.05) is 26.0 Å². The second-order valence-electron chi connectivity index (χ2n) is 7.85. The lowest BCUT2D eigenvalue weighted by molar-refractivity contribution is -0.137. The summed E-state index contributed by atoms with van der Waals surface area (Å²) >= 11 is 0. The number of carbonyl (C=O) groups is 3. The van der Waals surface area contributed by atoms with Gasteiger partial charge in [0.1, 0.15) is 17.2 Å². The molecule has 0 saturated heterocycles. The molecular weight excluding hydrogens is 410 g/mol. The molecule has 2 aromatic carbocycles. The SMILES string of the molecule is COc1cc(NC2=C(c3ccc(NC(C)=O)cc3)C(=O)N(CC(C)C)C2=O)cc(OC)c1. The van der Waals surface area contributed by atoms with Crippen LogP contribution in [0.3, 0.4) is 0 Å². The van der Waals surface area contributed by atoms with E-state index < -0.39 is 5.91 Å². The number of amides is 3. The number of benzene rings is 2. The Morgan fingerprint density at radius 1 is 0.938 bits per heavy atom. The van der Waals surface area contributed by atoms with Gasteiger partial charge in [-0.05, 0) is 23.6 Å². The van der Waals surface area contributed by atoms with Crippen molar-refractivity contribution in [2.45, 2.75) is 20.8 Å². The van der Waals surface area contributed by atoms with Crippen LogP contribution in [-0.4, -0.2) is 43.4 Å². The van der Waals surface area contributed by atoms with E-state index in [-0.39, 0.29) is 29.0 Å². The molecule has 2 aromatic rings. The molecule has 0 fully saturated rings. The summed E-state index contributed by atoms with van der Waals surface area (Å²) in [6.07, 6.45) is 0. The van der Waals surface area contributed by atoms with Gasteiger partial charge in [0.2, 0.25) is 5.91 Å². The maximum atomic E-state index is 13.2. The first-order chi connectivity index (χ1) is 15.2. The molecule has 32 heavy (non-hydrogen) atoms. The Labute approximate surface area is 187 Å². The van der Waals surface area contributed by atoms with Crippen LogP contribution >= 0.6 is 0 Å². The molecule has 1 aliphatic rings. The molecule has 0 saturated carbocycles. The molecule has 0 aromatic heterocycles. The molecule has 0 spiro atoms. The van der Waals surface area contributed by atoms with E-state index in [9.17, 15) is 14.4 Å². The largest absolute Gasteiger partial charge is 0.497 e. The molecule has 0 bridgehead atoms. The van der Waals surface area contributed by atoms with Crippen LogP contribution in [0.1, 0.15) is 26.3 Å². The van der Waals surface area contributed by atoms with Gasteiger partial charge in [0.25, 0.3) is 11.8 Å². The number of rotatable bonds is 8. The molecule has 8 nitrogen and oxygen atoms in total. The minimum absolute atomic E-state index is 0.113. The van der Waals surface area contributed by atoms with Crippen molar-refractivity contribution in [2.75, 3.05) is 31.4 Å². The maximum absolute atomic E-state index is 13.2.